The zero-order valence-corrected chi connectivity index (χ0v) is 13.1. The molecule has 0 saturated heterocycles. The first-order chi connectivity index (χ1) is 8.91. The van der Waals surface area contributed by atoms with E-state index in [0.717, 1.165) is 19.1 Å². The van der Waals surface area contributed by atoms with Gasteiger partial charge in [0, 0.05) is 13.2 Å². The van der Waals surface area contributed by atoms with Crippen LogP contribution in [0.15, 0.2) is 10.2 Å². The topological polar surface area (TPSA) is 89.4 Å². The molecule has 0 aliphatic rings. The predicted octanol–water partition coefficient (Wildman–Crippen LogP) is 2.94. The van der Waals surface area contributed by atoms with Crippen LogP contribution in [0.2, 0.25) is 19.1 Å². The van der Waals surface area contributed by atoms with Crippen LogP contribution in [0.25, 0.3) is 0 Å². The van der Waals surface area contributed by atoms with Crippen LogP contribution in [0.4, 0.5) is 9.59 Å². The van der Waals surface area contributed by atoms with Crippen molar-refractivity contribution in [3.63, 3.8) is 0 Å². The molecule has 0 aliphatic heterocycles. The summed E-state index contributed by atoms with van der Waals surface area (Å²) in [6.07, 6.45) is -0.0394. The largest absolute Gasteiger partial charge is 0.452 e. The summed E-state index contributed by atoms with van der Waals surface area (Å²) in [4.78, 5) is 22.0. The Balaban J connectivity index is 3.78. The summed E-state index contributed by atoms with van der Waals surface area (Å²) in [7, 11) is -1.60. The van der Waals surface area contributed by atoms with E-state index in [1.54, 1.807) is 6.92 Å². The smallest absolute Gasteiger partial charge is 0.447 e. The van der Waals surface area contributed by atoms with E-state index in [1.165, 1.54) is 0 Å². The second-order valence-corrected chi connectivity index (χ2v) is 8.74. The Morgan fingerprint density at radius 1 is 1.16 bits per heavy atom. The molecule has 0 aromatic heterocycles. The Morgan fingerprint density at radius 2 is 1.84 bits per heavy atom. The van der Waals surface area contributed by atoms with Gasteiger partial charge in [-0.15, -0.1) is 0 Å². The third kappa shape index (κ3) is 10.3. The van der Waals surface area contributed by atoms with Gasteiger partial charge in [0.25, 0.3) is 0 Å². The van der Waals surface area contributed by atoms with Crippen molar-refractivity contribution in [2.45, 2.75) is 39.4 Å². The van der Waals surface area contributed by atoms with E-state index < -0.39 is 20.4 Å². The summed E-state index contributed by atoms with van der Waals surface area (Å²) in [6, 6.07) is 0.319. The lowest BCUT2D eigenvalue weighted by atomic mass is 10.5. The molecular formula is C11H23N3O4Si. The summed E-state index contributed by atoms with van der Waals surface area (Å²) in [5.41, 5.74) is 0. The van der Waals surface area contributed by atoms with Crippen LogP contribution in [-0.2, 0) is 9.16 Å². The highest BCUT2D eigenvalue weighted by atomic mass is 28.4. The molecule has 0 bridgehead atoms. The predicted molar refractivity (Wildman–Crippen MR) is 73.8 cm³/mol. The van der Waals surface area contributed by atoms with Crippen LogP contribution in [0.1, 0.15) is 20.3 Å². The number of amides is 3. The number of rotatable bonds is 7. The van der Waals surface area contributed by atoms with Crippen LogP contribution in [0, 0.1) is 0 Å². The number of azo groups is 1. The van der Waals surface area contributed by atoms with E-state index in [1.807, 2.05) is 6.92 Å². The zero-order chi connectivity index (χ0) is 14.7. The molecule has 0 aromatic carbocycles. The number of urea groups is 1. The van der Waals surface area contributed by atoms with Crippen molar-refractivity contribution >= 4 is 20.4 Å². The molecule has 0 spiro atoms. The van der Waals surface area contributed by atoms with Gasteiger partial charge < -0.3 is 14.5 Å². The number of nitrogens with one attached hydrogen (secondary N) is 1. The second kappa shape index (κ2) is 9.62. The summed E-state index contributed by atoms with van der Waals surface area (Å²) < 4.78 is 10.2. The Kier molecular flexibility index (Phi) is 8.97. The molecule has 0 radical (unpaired) electrons. The van der Waals surface area contributed by atoms with Gasteiger partial charge in [0.05, 0.1) is 6.61 Å². The van der Waals surface area contributed by atoms with Gasteiger partial charge in [-0.3, -0.25) is 0 Å². The molecular weight excluding hydrogens is 266 g/mol. The van der Waals surface area contributed by atoms with Gasteiger partial charge >= 0.3 is 12.1 Å². The number of hydrogen-bond acceptors (Lipinski definition) is 4. The van der Waals surface area contributed by atoms with Crippen molar-refractivity contribution in [2.24, 2.45) is 10.2 Å². The molecule has 8 heteroatoms. The second-order valence-electron chi connectivity index (χ2n) is 4.43. The highest BCUT2D eigenvalue weighted by Gasteiger charge is 2.20. The third-order valence-electron chi connectivity index (χ3n) is 2.26. The molecule has 0 heterocycles. The first kappa shape index (κ1) is 17.7. The summed E-state index contributed by atoms with van der Waals surface area (Å²) in [6.45, 7) is 9.32. The zero-order valence-electron chi connectivity index (χ0n) is 12.1. The van der Waals surface area contributed by atoms with Crippen LogP contribution in [-0.4, -0.2) is 40.2 Å². The van der Waals surface area contributed by atoms with Gasteiger partial charge in [-0.1, -0.05) is 10.2 Å². The van der Waals surface area contributed by atoms with Crippen LogP contribution in [0.5, 0.6) is 0 Å². The summed E-state index contributed by atoms with van der Waals surface area (Å²) >= 11 is 0. The molecule has 3 amide bonds. The van der Waals surface area contributed by atoms with Crippen molar-refractivity contribution in [3.05, 3.63) is 0 Å². The molecule has 7 nitrogen and oxygen atoms in total. The number of carbonyl (C=O) groups excluding carboxylic acids is 2. The normalized spacial score (nSPS) is 11.6. The van der Waals surface area contributed by atoms with Gasteiger partial charge in [-0.2, -0.15) is 0 Å². The third-order valence-corrected chi connectivity index (χ3v) is 4.89. The fourth-order valence-electron chi connectivity index (χ4n) is 1.45. The van der Waals surface area contributed by atoms with E-state index in [9.17, 15) is 9.59 Å². The lowest BCUT2D eigenvalue weighted by Gasteiger charge is -2.21. The highest BCUT2D eigenvalue weighted by Crippen LogP contribution is 2.12. The Morgan fingerprint density at radius 3 is 2.42 bits per heavy atom. The molecule has 1 N–H and O–H groups in total. The van der Waals surface area contributed by atoms with E-state index >= 15 is 0 Å². The molecule has 0 aliphatic carbocycles. The average Bonchev–Trinajstić information content (AvgIpc) is 2.32. The SMILES string of the molecule is CCOC(=O)/N=N/C(=O)NCCC[Si](C)(C)OCC. The minimum absolute atomic E-state index is 0.205. The average molecular weight is 289 g/mol. The number of hydrogen-bond donors (Lipinski definition) is 1. The first-order valence-electron chi connectivity index (χ1n) is 6.41. The first-order valence-corrected chi connectivity index (χ1v) is 9.53. The Labute approximate surface area is 114 Å². The highest BCUT2D eigenvalue weighted by molar-refractivity contribution is 6.71. The maximum atomic E-state index is 11.2. The fourth-order valence-corrected chi connectivity index (χ4v) is 3.40. The molecule has 110 valence electrons. The lowest BCUT2D eigenvalue weighted by Crippen LogP contribution is -2.31. The number of carbonyl (C=O) groups is 2. The summed E-state index contributed by atoms with van der Waals surface area (Å²) in [5.74, 6) is 0. The lowest BCUT2D eigenvalue weighted by molar-refractivity contribution is 0.161. The van der Waals surface area contributed by atoms with Gasteiger partial charge in [-0.25, -0.2) is 9.59 Å². The molecule has 0 fully saturated rings. The van der Waals surface area contributed by atoms with Crippen molar-refractivity contribution < 1.29 is 18.8 Å². The molecule has 0 rings (SSSR count). The van der Waals surface area contributed by atoms with E-state index in [2.05, 4.69) is 33.4 Å². The molecule has 0 aromatic rings. The minimum atomic E-state index is -1.60. The molecule has 0 atom stereocenters. The van der Waals surface area contributed by atoms with Gasteiger partial charge in [0.2, 0.25) is 0 Å². The number of ether oxygens (including phenoxy) is 1. The quantitative estimate of drug-likeness (QED) is 0.443. The van der Waals surface area contributed by atoms with Crippen LogP contribution < -0.4 is 5.32 Å². The van der Waals surface area contributed by atoms with E-state index in [-0.39, 0.29) is 6.61 Å². The minimum Gasteiger partial charge on any atom is -0.447 e. The number of nitrogens with zero attached hydrogens (tertiary/aromatic N) is 2. The van der Waals surface area contributed by atoms with Gasteiger partial charge in [0.15, 0.2) is 8.32 Å². The summed E-state index contributed by atoms with van der Waals surface area (Å²) in [5, 5.41) is 8.85. The van der Waals surface area contributed by atoms with Crippen molar-refractivity contribution in [1.82, 2.24) is 5.32 Å². The monoisotopic (exact) mass is 289 g/mol. The van der Waals surface area contributed by atoms with E-state index in [4.69, 9.17) is 4.43 Å². The van der Waals surface area contributed by atoms with Crippen molar-refractivity contribution in [1.29, 1.82) is 0 Å². The standard InChI is InChI=1S/C11H23N3O4Si/c1-5-17-11(16)14-13-10(15)12-8-7-9-19(3,4)18-6-2/h5-9H2,1-4H3,(H,12,15)/b14-13+. The molecule has 0 unspecified atom stereocenters. The Hall–Kier alpha value is -1.28. The van der Waals surface area contributed by atoms with Crippen molar-refractivity contribution in [3.8, 4) is 0 Å². The van der Waals surface area contributed by atoms with Crippen molar-refractivity contribution in [2.75, 3.05) is 19.8 Å². The van der Waals surface area contributed by atoms with Crippen LogP contribution in [0.3, 0.4) is 0 Å². The van der Waals surface area contributed by atoms with Gasteiger partial charge in [0.1, 0.15) is 0 Å². The van der Waals surface area contributed by atoms with E-state index in [0.29, 0.717) is 6.54 Å². The fraction of sp³-hybridized carbons (Fsp3) is 0.818. The maximum absolute atomic E-state index is 11.2. The Bertz CT molecular complexity index is 321. The maximum Gasteiger partial charge on any atom is 0.452 e. The molecule has 0 saturated carbocycles. The van der Waals surface area contributed by atoms with Gasteiger partial charge in [-0.05, 0) is 39.4 Å². The molecule has 19 heavy (non-hydrogen) atoms. The van der Waals surface area contributed by atoms with Crippen LogP contribution >= 0.6 is 0 Å².